The van der Waals surface area contributed by atoms with Gasteiger partial charge in [0.15, 0.2) is 0 Å². The minimum atomic E-state index is 0.576. The molecule has 1 fully saturated rings. The number of methoxy groups -OCH3 is 1. The minimum Gasteiger partial charge on any atom is -0.385 e. The molecule has 106 valence electrons. The minimum absolute atomic E-state index is 0.576. The highest BCUT2D eigenvalue weighted by atomic mass is 16.5. The summed E-state index contributed by atoms with van der Waals surface area (Å²) >= 11 is 0. The van der Waals surface area contributed by atoms with Crippen molar-refractivity contribution in [3.05, 3.63) is 35.9 Å². The van der Waals surface area contributed by atoms with Gasteiger partial charge in [-0.3, -0.25) is 0 Å². The lowest BCUT2D eigenvalue weighted by Crippen LogP contribution is -2.39. The lowest BCUT2D eigenvalue weighted by atomic mass is 10.1. The monoisotopic (exact) mass is 262 g/mol. The summed E-state index contributed by atoms with van der Waals surface area (Å²) < 4.78 is 5.14. The van der Waals surface area contributed by atoms with E-state index in [1.165, 1.54) is 18.5 Å². The molecule has 1 aromatic carbocycles. The van der Waals surface area contributed by atoms with Crippen molar-refractivity contribution >= 4 is 0 Å². The van der Waals surface area contributed by atoms with Crippen LogP contribution in [0.2, 0.25) is 0 Å². The Morgan fingerprint density at radius 2 is 2.16 bits per heavy atom. The largest absolute Gasteiger partial charge is 0.385 e. The van der Waals surface area contributed by atoms with Gasteiger partial charge in [-0.2, -0.15) is 0 Å². The molecule has 0 radical (unpaired) electrons. The third-order valence-corrected chi connectivity index (χ3v) is 3.71. The molecule has 1 saturated heterocycles. The second-order valence-corrected chi connectivity index (χ2v) is 5.34. The maximum Gasteiger partial charge on any atom is 0.0474 e. The Hall–Kier alpha value is -0.900. The normalized spacial score (nSPS) is 21.2. The standard InChI is InChI=1S/C16H26N2O/c1-19-12-6-11-18-10-5-9-17-16(14-18)13-15-7-3-2-4-8-15/h2-4,7-8,16-17H,5-6,9-14H2,1H3. The summed E-state index contributed by atoms with van der Waals surface area (Å²) in [5.41, 5.74) is 1.43. The molecular weight excluding hydrogens is 236 g/mol. The predicted molar refractivity (Wildman–Crippen MR) is 79.5 cm³/mol. The molecule has 1 aliphatic rings. The van der Waals surface area contributed by atoms with Crippen LogP contribution in [-0.2, 0) is 11.2 Å². The van der Waals surface area contributed by atoms with Crippen molar-refractivity contribution in [1.29, 1.82) is 0 Å². The van der Waals surface area contributed by atoms with Crippen molar-refractivity contribution in [2.75, 3.05) is 39.9 Å². The van der Waals surface area contributed by atoms with E-state index in [0.29, 0.717) is 6.04 Å². The summed E-state index contributed by atoms with van der Waals surface area (Å²) in [6.45, 7) is 5.52. The zero-order valence-electron chi connectivity index (χ0n) is 12.0. The second kappa shape index (κ2) is 8.31. The van der Waals surface area contributed by atoms with Crippen molar-refractivity contribution in [2.45, 2.75) is 25.3 Å². The quantitative estimate of drug-likeness (QED) is 0.793. The molecule has 1 unspecified atom stereocenters. The van der Waals surface area contributed by atoms with E-state index in [1.807, 2.05) is 0 Å². The van der Waals surface area contributed by atoms with Crippen molar-refractivity contribution in [3.63, 3.8) is 0 Å². The molecule has 0 saturated carbocycles. The summed E-state index contributed by atoms with van der Waals surface area (Å²) in [5.74, 6) is 0. The van der Waals surface area contributed by atoms with Crippen LogP contribution in [0.15, 0.2) is 30.3 Å². The Morgan fingerprint density at radius 3 is 2.95 bits per heavy atom. The van der Waals surface area contributed by atoms with Crippen LogP contribution in [0.1, 0.15) is 18.4 Å². The maximum absolute atomic E-state index is 5.14. The maximum atomic E-state index is 5.14. The number of hydrogen-bond donors (Lipinski definition) is 1. The Morgan fingerprint density at radius 1 is 1.32 bits per heavy atom. The van der Waals surface area contributed by atoms with Crippen LogP contribution in [0.25, 0.3) is 0 Å². The first-order chi connectivity index (χ1) is 9.38. The van der Waals surface area contributed by atoms with Gasteiger partial charge in [-0.1, -0.05) is 30.3 Å². The molecule has 3 nitrogen and oxygen atoms in total. The molecule has 1 heterocycles. The predicted octanol–water partition coefficient (Wildman–Crippen LogP) is 1.93. The zero-order chi connectivity index (χ0) is 13.3. The van der Waals surface area contributed by atoms with E-state index in [9.17, 15) is 0 Å². The van der Waals surface area contributed by atoms with Crippen LogP contribution in [0.3, 0.4) is 0 Å². The zero-order valence-corrected chi connectivity index (χ0v) is 12.0. The van der Waals surface area contributed by atoms with E-state index in [-0.39, 0.29) is 0 Å². The van der Waals surface area contributed by atoms with Crippen molar-refractivity contribution in [3.8, 4) is 0 Å². The third kappa shape index (κ3) is 5.31. The van der Waals surface area contributed by atoms with Gasteiger partial charge in [-0.05, 0) is 37.9 Å². The first-order valence-electron chi connectivity index (χ1n) is 7.37. The number of ether oxygens (including phenoxy) is 1. The Balaban J connectivity index is 1.82. The fourth-order valence-corrected chi connectivity index (χ4v) is 2.75. The summed E-state index contributed by atoms with van der Waals surface area (Å²) in [6, 6.07) is 11.4. The van der Waals surface area contributed by atoms with Gasteiger partial charge >= 0.3 is 0 Å². The van der Waals surface area contributed by atoms with Crippen LogP contribution < -0.4 is 5.32 Å². The SMILES string of the molecule is COCCCN1CCCNC(Cc2ccccc2)C1. The summed E-state index contributed by atoms with van der Waals surface area (Å²) in [6.07, 6.45) is 3.51. The summed E-state index contributed by atoms with van der Waals surface area (Å²) in [4.78, 5) is 2.58. The molecule has 1 atom stereocenters. The molecule has 2 rings (SSSR count). The topological polar surface area (TPSA) is 24.5 Å². The first kappa shape index (κ1) is 14.5. The van der Waals surface area contributed by atoms with E-state index in [4.69, 9.17) is 4.74 Å². The van der Waals surface area contributed by atoms with Crippen molar-refractivity contribution in [2.24, 2.45) is 0 Å². The van der Waals surface area contributed by atoms with Crippen LogP contribution in [-0.4, -0.2) is 50.8 Å². The first-order valence-corrected chi connectivity index (χ1v) is 7.37. The fraction of sp³-hybridized carbons (Fsp3) is 0.625. The van der Waals surface area contributed by atoms with Crippen LogP contribution in [0.5, 0.6) is 0 Å². The Bertz CT molecular complexity index is 342. The number of rotatable bonds is 6. The second-order valence-electron chi connectivity index (χ2n) is 5.34. The molecule has 0 spiro atoms. The van der Waals surface area contributed by atoms with Crippen LogP contribution in [0.4, 0.5) is 0 Å². The number of nitrogens with zero attached hydrogens (tertiary/aromatic N) is 1. The lowest BCUT2D eigenvalue weighted by Gasteiger charge is -2.24. The van der Waals surface area contributed by atoms with Crippen LogP contribution in [0, 0.1) is 0 Å². The van der Waals surface area contributed by atoms with Crippen molar-refractivity contribution in [1.82, 2.24) is 10.2 Å². The molecule has 0 aliphatic carbocycles. The van der Waals surface area contributed by atoms with Gasteiger partial charge in [0.1, 0.15) is 0 Å². The van der Waals surface area contributed by atoms with Gasteiger partial charge in [0, 0.05) is 32.8 Å². The Labute approximate surface area is 116 Å². The summed E-state index contributed by atoms with van der Waals surface area (Å²) in [5, 5.41) is 3.68. The molecule has 0 bridgehead atoms. The average Bonchev–Trinajstić information content (AvgIpc) is 2.66. The highest BCUT2D eigenvalue weighted by Gasteiger charge is 2.17. The van der Waals surface area contributed by atoms with E-state index < -0.39 is 0 Å². The van der Waals surface area contributed by atoms with E-state index in [2.05, 4.69) is 40.5 Å². The number of benzene rings is 1. The molecule has 0 amide bonds. The van der Waals surface area contributed by atoms with E-state index in [1.54, 1.807) is 7.11 Å². The van der Waals surface area contributed by atoms with Crippen LogP contribution >= 0.6 is 0 Å². The van der Waals surface area contributed by atoms with Gasteiger partial charge in [-0.15, -0.1) is 0 Å². The third-order valence-electron chi connectivity index (χ3n) is 3.71. The van der Waals surface area contributed by atoms with Crippen molar-refractivity contribution < 1.29 is 4.74 Å². The van der Waals surface area contributed by atoms with E-state index >= 15 is 0 Å². The number of nitrogens with one attached hydrogen (secondary N) is 1. The number of hydrogen-bond acceptors (Lipinski definition) is 3. The highest BCUT2D eigenvalue weighted by Crippen LogP contribution is 2.08. The van der Waals surface area contributed by atoms with Gasteiger partial charge in [0.05, 0.1) is 0 Å². The van der Waals surface area contributed by atoms with Gasteiger partial charge in [0.2, 0.25) is 0 Å². The molecule has 1 aromatic rings. The molecule has 19 heavy (non-hydrogen) atoms. The summed E-state index contributed by atoms with van der Waals surface area (Å²) in [7, 11) is 1.78. The Kier molecular flexibility index (Phi) is 6.34. The average molecular weight is 262 g/mol. The van der Waals surface area contributed by atoms with Gasteiger partial charge in [0.25, 0.3) is 0 Å². The fourth-order valence-electron chi connectivity index (χ4n) is 2.75. The molecule has 3 heteroatoms. The van der Waals surface area contributed by atoms with Gasteiger partial charge in [-0.25, -0.2) is 0 Å². The van der Waals surface area contributed by atoms with Gasteiger partial charge < -0.3 is 15.0 Å². The lowest BCUT2D eigenvalue weighted by molar-refractivity contribution is 0.170. The molecule has 0 aromatic heterocycles. The smallest absolute Gasteiger partial charge is 0.0474 e. The highest BCUT2D eigenvalue weighted by molar-refractivity contribution is 5.16. The molecule has 1 aliphatic heterocycles. The van der Waals surface area contributed by atoms with E-state index in [0.717, 1.165) is 39.1 Å². The molecule has 1 N–H and O–H groups in total. The molecular formula is C16H26N2O.